The molecule has 0 fully saturated rings. The largest absolute Gasteiger partial charge is 0.467 e. The summed E-state index contributed by atoms with van der Waals surface area (Å²) in [6, 6.07) is 0. The molecule has 0 aromatic heterocycles. The van der Waals surface area contributed by atoms with Crippen molar-refractivity contribution < 1.29 is 14.3 Å². The van der Waals surface area contributed by atoms with E-state index in [-0.39, 0.29) is 5.97 Å². The van der Waals surface area contributed by atoms with E-state index in [1.165, 1.54) is 45.6 Å². The van der Waals surface area contributed by atoms with E-state index in [1.807, 2.05) is 0 Å². The number of esters is 1. The molecule has 0 aliphatic rings. The van der Waals surface area contributed by atoms with E-state index in [9.17, 15) is 4.79 Å². The molecule has 1 unspecified atom stereocenters. The van der Waals surface area contributed by atoms with Crippen molar-refractivity contribution in [1.82, 2.24) is 0 Å². The summed E-state index contributed by atoms with van der Waals surface area (Å²) in [6.45, 7) is 2.24. The van der Waals surface area contributed by atoms with Crippen molar-refractivity contribution in [1.29, 1.82) is 0 Å². The lowest BCUT2D eigenvalue weighted by Gasteiger charge is -2.11. The Morgan fingerprint density at radius 2 is 1.63 bits per heavy atom. The Morgan fingerprint density at radius 3 is 2.21 bits per heavy atom. The highest BCUT2D eigenvalue weighted by molar-refractivity contribution is 5.74. The molecule has 1 atom stereocenters. The quantitative estimate of drug-likeness (QED) is 0.302. The van der Waals surface area contributed by atoms with Crippen LogP contribution < -0.4 is 0 Å². The molecule has 3 nitrogen and oxygen atoms in total. The minimum absolute atomic E-state index is 0.276. The van der Waals surface area contributed by atoms with Gasteiger partial charge in [-0.2, -0.15) is 0 Å². The molecule has 0 heterocycles. The Bertz CT molecular complexity index is 236. The van der Waals surface area contributed by atoms with Gasteiger partial charge in [0.15, 0.2) is 6.10 Å². The summed E-state index contributed by atoms with van der Waals surface area (Å²) in [5.74, 6) is -0.276. The van der Waals surface area contributed by atoms with Crippen LogP contribution in [0.1, 0.15) is 64.7 Å². The second kappa shape index (κ2) is 13.6. The van der Waals surface area contributed by atoms with Crippen LogP contribution in [-0.2, 0) is 14.3 Å². The van der Waals surface area contributed by atoms with E-state index in [4.69, 9.17) is 4.74 Å². The molecular formula is C16H30O3. The lowest BCUT2D eigenvalue weighted by molar-refractivity contribution is -0.152. The molecule has 0 radical (unpaired) electrons. The molecule has 112 valence electrons. The van der Waals surface area contributed by atoms with Gasteiger partial charge in [-0.05, 0) is 32.1 Å². The Morgan fingerprint density at radius 1 is 1.00 bits per heavy atom. The summed E-state index contributed by atoms with van der Waals surface area (Å²) in [5.41, 5.74) is 0. The number of methoxy groups -OCH3 is 2. The highest BCUT2D eigenvalue weighted by Gasteiger charge is 2.16. The number of carbonyl (C=O) groups is 1. The summed E-state index contributed by atoms with van der Waals surface area (Å²) in [7, 11) is 2.94. The first-order valence-corrected chi connectivity index (χ1v) is 7.51. The van der Waals surface area contributed by atoms with Crippen molar-refractivity contribution in [2.45, 2.75) is 70.8 Å². The number of hydrogen-bond acceptors (Lipinski definition) is 3. The highest BCUT2D eigenvalue weighted by atomic mass is 16.6. The van der Waals surface area contributed by atoms with E-state index in [2.05, 4.69) is 23.8 Å². The predicted octanol–water partition coefficient (Wildman–Crippen LogP) is 4.26. The molecule has 0 aromatic rings. The van der Waals surface area contributed by atoms with Crippen LogP contribution in [0.15, 0.2) is 12.2 Å². The summed E-state index contributed by atoms with van der Waals surface area (Å²) in [4.78, 5) is 11.3. The van der Waals surface area contributed by atoms with E-state index in [1.54, 1.807) is 7.11 Å². The Balaban J connectivity index is 3.44. The number of rotatable bonds is 12. The maximum atomic E-state index is 11.3. The molecule has 0 aliphatic carbocycles. The molecule has 3 heteroatoms. The zero-order chi connectivity index (χ0) is 14.3. The predicted molar refractivity (Wildman–Crippen MR) is 79.2 cm³/mol. The van der Waals surface area contributed by atoms with Gasteiger partial charge in [0.1, 0.15) is 0 Å². The molecule has 0 amide bonds. The topological polar surface area (TPSA) is 35.5 Å². The highest BCUT2D eigenvalue weighted by Crippen LogP contribution is 2.08. The smallest absolute Gasteiger partial charge is 0.334 e. The van der Waals surface area contributed by atoms with E-state index in [0.29, 0.717) is 0 Å². The van der Waals surface area contributed by atoms with Gasteiger partial charge >= 0.3 is 5.97 Å². The third-order valence-electron chi connectivity index (χ3n) is 3.23. The Hall–Kier alpha value is -0.830. The van der Waals surface area contributed by atoms with E-state index >= 15 is 0 Å². The first-order valence-electron chi connectivity index (χ1n) is 7.51. The Labute approximate surface area is 118 Å². The molecule has 0 spiro atoms. The fourth-order valence-corrected chi connectivity index (χ4v) is 1.99. The molecule has 0 bridgehead atoms. The number of ether oxygens (including phenoxy) is 2. The van der Waals surface area contributed by atoms with Crippen LogP contribution >= 0.6 is 0 Å². The fourth-order valence-electron chi connectivity index (χ4n) is 1.99. The average molecular weight is 270 g/mol. The van der Waals surface area contributed by atoms with Gasteiger partial charge in [-0.25, -0.2) is 4.79 Å². The first-order chi connectivity index (χ1) is 9.26. The van der Waals surface area contributed by atoms with Crippen molar-refractivity contribution in [3.05, 3.63) is 12.2 Å². The van der Waals surface area contributed by atoms with Gasteiger partial charge in [-0.3, -0.25) is 0 Å². The molecular weight excluding hydrogens is 240 g/mol. The normalized spacial score (nSPS) is 12.8. The maximum Gasteiger partial charge on any atom is 0.334 e. The second-order valence-electron chi connectivity index (χ2n) is 4.85. The minimum atomic E-state index is -0.410. The fraction of sp³-hybridized carbons (Fsp3) is 0.812. The Kier molecular flexibility index (Phi) is 13.0. The zero-order valence-electron chi connectivity index (χ0n) is 12.8. The van der Waals surface area contributed by atoms with Crippen LogP contribution in [-0.4, -0.2) is 26.3 Å². The van der Waals surface area contributed by atoms with Crippen LogP contribution in [0.2, 0.25) is 0 Å². The van der Waals surface area contributed by atoms with Gasteiger partial charge in [0.05, 0.1) is 7.11 Å². The van der Waals surface area contributed by atoms with Gasteiger partial charge < -0.3 is 9.47 Å². The minimum Gasteiger partial charge on any atom is -0.467 e. The molecule has 0 rings (SSSR count). The number of carbonyl (C=O) groups excluding carboxylic acids is 1. The van der Waals surface area contributed by atoms with Gasteiger partial charge in [-0.15, -0.1) is 0 Å². The van der Waals surface area contributed by atoms with E-state index < -0.39 is 6.10 Å². The van der Waals surface area contributed by atoms with Crippen molar-refractivity contribution in [3.63, 3.8) is 0 Å². The van der Waals surface area contributed by atoms with Crippen LogP contribution in [0.25, 0.3) is 0 Å². The van der Waals surface area contributed by atoms with Crippen LogP contribution in [0.5, 0.6) is 0 Å². The van der Waals surface area contributed by atoms with Crippen molar-refractivity contribution in [2.75, 3.05) is 14.2 Å². The standard InChI is InChI=1S/C16H30O3/c1-4-5-6-7-8-9-10-11-12-13-14-15(18-2)16(17)19-3/h10-11,15H,4-9,12-14H2,1-3H3/b11-10-. The molecule has 0 saturated carbocycles. The third kappa shape index (κ3) is 10.8. The van der Waals surface area contributed by atoms with Gasteiger partial charge in [-0.1, -0.05) is 44.8 Å². The summed E-state index contributed by atoms with van der Waals surface area (Å²) < 4.78 is 9.75. The lowest BCUT2D eigenvalue weighted by atomic mass is 10.1. The lowest BCUT2D eigenvalue weighted by Crippen LogP contribution is -2.24. The van der Waals surface area contributed by atoms with Crippen molar-refractivity contribution in [2.24, 2.45) is 0 Å². The SMILES string of the molecule is CCCCCCC/C=C\CCCC(OC)C(=O)OC. The van der Waals surface area contributed by atoms with Crippen molar-refractivity contribution in [3.8, 4) is 0 Å². The van der Waals surface area contributed by atoms with Crippen LogP contribution in [0, 0.1) is 0 Å². The number of allylic oxidation sites excluding steroid dienone is 2. The van der Waals surface area contributed by atoms with Crippen LogP contribution in [0.3, 0.4) is 0 Å². The van der Waals surface area contributed by atoms with E-state index in [0.717, 1.165) is 19.3 Å². The molecule has 0 N–H and O–H groups in total. The summed E-state index contributed by atoms with van der Waals surface area (Å²) in [5, 5.41) is 0. The summed E-state index contributed by atoms with van der Waals surface area (Å²) >= 11 is 0. The average Bonchev–Trinajstić information content (AvgIpc) is 2.44. The first kappa shape index (κ1) is 18.2. The monoisotopic (exact) mass is 270 g/mol. The second-order valence-corrected chi connectivity index (χ2v) is 4.85. The molecule has 0 aromatic carbocycles. The molecule has 0 aliphatic heterocycles. The molecule has 0 saturated heterocycles. The van der Waals surface area contributed by atoms with Gasteiger partial charge in [0.25, 0.3) is 0 Å². The van der Waals surface area contributed by atoms with Crippen molar-refractivity contribution >= 4 is 5.97 Å². The van der Waals surface area contributed by atoms with Gasteiger partial charge in [0, 0.05) is 7.11 Å². The number of hydrogen-bond donors (Lipinski definition) is 0. The maximum absolute atomic E-state index is 11.3. The van der Waals surface area contributed by atoms with Crippen LogP contribution in [0.4, 0.5) is 0 Å². The molecule has 19 heavy (non-hydrogen) atoms. The summed E-state index contributed by atoms with van der Waals surface area (Å²) in [6.07, 6.45) is 14.6. The third-order valence-corrected chi connectivity index (χ3v) is 3.23. The van der Waals surface area contributed by atoms with Gasteiger partial charge in [0.2, 0.25) is 0 Å². The zero-order valence-corrected chi connectivity index (χ0v) is 12.8. The number of unbranched alkanes of at least 4 members (excludes halogenated alkanes) is 6.